The number of rotatable bonds is 36. The molecule has 1 fully saturated rings. The number of guanidine groups is 1. The van der Waals surface area contributed by atoms with Gasteiger partial charge in [0.05, 0.1) is 92.8 Å². The molecule has 3 aromatic rings. The molecule has 3 aromatic carbocycles. The van der Waals surface area contributed by atoms with E-state index in [0.29, 0.717) is 0 Å². The van der Waals surface area contributed by atoms with E-state index in [1.165, 1.54) is 50.4 Å². The Hall–Kier alpha value is -9.25. The van der Waals surface area contributed by atoms with Crippen LogP contribution in [0.4, 0.5) is 0 Å². The van der Waals surface area contributed by atoms with Crippen molar-refractivity contribution in [1.82, 2.24) is 42.5 Å². The zero-order chi connectivity index (χ0) is 72.1. The van der Waals surface area contributed by atoms with Crippen molar-refractivity contribution >= 4 is 102 Å². The number of carbonyl (C=O) groups excluding carboxylic acids is 11. The number of nitrogens with two attached hydrogens (primary N) is 4. The molecule has 0 aromatic heterocycles. The summed E-state index contributed by atoms with van der Waals surface area (Å²) in [7, 11) is 1.28. The number of carbonyl (C=O) groups is 11. The van der Waals surface area contributed by atoms with Gasteiger partial charge in [0.25, 0.3) is 11.8 Å². The van der Waals surface area contributed by atoms with E-state index in [4.69, 9.17) is 46.7 Å². The molecule has 0 unspecified atom stereocenters. The average Bonchev–Trinajstić information content (AvgIpc) is 0.712. The molecular weight excluding hydrogens is 1330 g/mol. The molecule has 36 nitrogen and oxygen atoms in total. The van der Waals surface area contributed by atoms with Gasteiger partial charge in [0.15, 0.2) is 30.4 Å². The van der Waals surface area contributed by atoms with Crippen LogP contribution in [0.2, 0.25) is 0 Å². The number of benzene rings is 3. The number of oxime groups is 1. The molecule has 1 saturated heterocycles. The molecule has 1 aliphatic heterocycles. The van der Waals surface area contributed by atoms with Gasteiger partial charge in [-0.3, -0.25) is 63.0 Å². The van der Waals surface area contributed by atoms with Crippen molar-refractivity contribution in [3.8, 4) is 23.0 Å². The standard InChI is InChI=1S/C60H80N14O22S2/c1-27-49(81)34(17-44(95-27)96-39-19-60(91,40(77)22-75)18-31-46(39)53(85)48-47(51(31)83)50(82)29-5-3-7-38(92-2)45(29)52(48)84)69-26-70-54(86)30-15-28(8-9-37(30)76)20-71-94-23-43(80)65-11-13-93-14-12-66-57(89)36(25-98)74-58(90)33(6-4-10-67-59(63)64)72-42(79)21-68-56(88)35(16-41(62)78)73-55(87)32(61)24-97/h3,5,7-9,15,20,27,32-36,39,44,49,69,75-76,81,83,85,91,97-98H,4,6,10-14,16-19,21-26,61H2,1-2H3,(H2,62,78)(H,65,80)(H,66,89)(H,68,88)(H,70,86)(H,72,79)(H,73,87)(H,74,90)(H4,63,64,67)/b71-20+/t27-,32+,33+,34-,35+,36+,39+,44-,49+,60+/m1/s1. The molecule has 6 rings (SSSR count). The summed E-state index contributed by atoms with van der Waals surface area (Å²) in [5.74, 6) is -11.7. The summed E-state index contributed by atoms with van der Waals surface area (Å²) in [4.78, 5) is 152. The third-order valence-corrected chi connectivity index (χ3v) is 16.4. The van der Waals surface area contributed by atoms with Gasteiger partial charge in [0.1, 0.15) is 53.3 Å². The predicted octanol–water partition coefficient (Wildman–Crippen LogP) is -5.99. The van der Waals surface area contributed by atoms with Gasteiger partial charge in [-0.1, -0.05) is 17.3 Å². The Bertz CT molecular complexity index is 3540. The molecule has 8 amide bonds. The number of aliphatic hydroxyl groups is 3. The number of amides is 8. The number of nitrogens with zero attached hydrogens (tertiary/aromatic N) is 2. The second-order valence-corrected chi connectivity index (χ2v) is 23.3. The SMILES string of the molecule is COc1cccc2c1C(=O)c1c(O)c3c(c(O)c1C2=O)C[C@@](O)(C(=O)CO)C[C@@H]3O[C@@H]1C[C@@H](NCNC(=O)c2cc(/C=N/OCC(=O)NCCOCCNC(=O)[C@H](CS)NC(=O)[C@H](CCCN=C(N)N)NC(=O)CNC(=O)[C@H](CC(N)=O)NC(=O)[C@@H](N)CS)ccc2O)[C@@H](O)[C@@H](C)O1. The van der Waals surface area contributed by atoms with Gasteiger partial charge in [-0.15, -0.1) is 0 Å². The molecule has 0 bridgehead atoms. The Morgan fingerprint density at radius 2 is 1.52 bits per heavy atom. The third kappa shape index (κ3) is 20.4. The maximum Gasteiger partial charge on any atom is 0.260 e. The molecule has 98 heavy (non-hydrogen) atoms. The maximum atomic E-state index is 14.1. The molecule has 0 spiro atoms. The number of primary amides is 1. The second-order valence-electron chi connectivity index (χ2n) is 22.6. The van der Waals surface area contributed by atoms with Crippen molar-refractivity contribution in [2.45, 2.75) is 106 Å². The summed E-state index contributed by atoms with van der Waals surface area (Å²) in [6.07, 6.45) is -5.89. The van der Waals surface area contributed by atoms with Crippen molar-refractivity contribution in [1.29, 1.82) is 0 Å². The number of thiol groups is 2. The number of nitrogens with one attached hydrogen (secondary N) is 8. The minimum atomic E-state index is -2.42. The highest BCUT2D eigenvalue weighted by Gasteiger charge is 2.50. The normalized spacial score (nSPS) is 19.7. The van der Waals surface area contributed by atoms with Crippen molar-refractivity contribution in [3.05, 3.63) is 80.9 Å². The fourth-order valence-corrected chi connectivity index (χ4v) is 11.0. The molecule has 38 heteroatoms. The fourth-order valence-electron chi connectivity index (χ4n) is 10.6. The van der Waals surface area contributed by atoms with Crippen LogP contribution in [0.25, 0.3) is 0 Å². The van der Waals surface area contributed by atoms with Gasteiger partial charge in [0, 0.05) is 73.1 Å². The van der Waals surface area contributed by atoms with E-state index in [0.717, 1.165) is 6.21 Å². The number of hydrogen-bond donors (Lipinski definition) is 20. The first-order valence-electron chi connectivity index (χ1n) is 30.4. The summed E-state index contributed by atoms with van der Waals surface area (Å²) in [5.41, 5.74) is 17.3. The Kier molecular flexibility index (Phi) is 28.9. The monoisotopic (exact) mass is 1410 g/mol. The summed E-state index contributed by atoms with van der Waals surface area (Å²) >= 11 is 8.10. The summed E-state index contributed by atoms with van der Waals surface area (Å²) in [5, 5.41) is 90.8. The predicted molar refractivity (Wildman–Crippen MR) is 350 cm³/mol. The average molecular weight is 1410 g/mol. The molecule has 534 valence electrons. The zero-order valence-corrected chi connectivity index (χ0v) is 54.9. The number of phenolic OH excluding ortho intramolecular Hbond substituents is 3. The molecule has 3 aliphatic rings. The van der Waals surface area contributed by atoms with E-state index < -0.39 is 192 Å². The van der Waals surface area contributed by atoms with Gasteiger partial charge < -0.3 is 115 Å². The lowest BCUT2D eigenvalue weighted by molar-refractivity contribution is -0.249. The van der Waals surface area contributed by atoms with E-state index in [1.54, 1.807) is 0 Å². The molecule has 0 saturated carbocycles. The highest BCUT2D eigenvalue weighted by molar-refractivity contribution is 7.80. The van der Waals surface area contributed by atoms with Crippen LogP contribution < -0.4 is 70.2 Å². The van der Waals surface area contributed by atoms with Crippen molar-refractivity contribution in [2.75, 3.05) is 77.9 Å². The van der Waals surface area contributed by atoms with Crippen LogP contribution in [0.15, 0.2) is 46.5 Å². The third-order valence-electron chi connectivity index (χ3n) is 15.6. The molecule has 0 radical (unpaired) electrons. The molecular formula is C60H80N14O22S2. The van der Waals surface area contributed by atoms with E-state index in [1.807, 2.05) is 0 Å². The van der Waals surface area contributed by atoms with Gasteiger partial charge in [-0.2, -0.15) is 25.3 Å². The summed E-state index contributed by atoms with van der Waals surface area (Å²) in [6, 6.07) is 2.11. The molecule has 10 atom stereocenters. The first-order chi connectivity index (χ1) is 46.6. The van der Waals surface area contributed by atoms with Crippen LogP contribution in [0.3, 0.4) is 0 Å². The van der Waals surface area contributed by atoms with Crippen LogP contribution in [0.1, 0.15) is 104 Å². The van der Waals surface area contributed by atoms with Crippen LogP contribution in [-0.2, 0) is 63.8 Å². The van der Waals surface area contributed by atoms with Crippen LogP contribution >= 0.6 is 25.3 Å². The van der Waals surface area contributed by atoms with E-state index >= 15 is 0 Å². The number of aliphatic imine (C=N–C) groups is 1. The number of ketones is 3. The maximum absolute atomic E-state index is 14.1. The number of methoxy groups -OCH3 is 1. The lowest BCUT2D eigenvalue weighted by Gasteiger charge is -2.43. The van der Waals surface area contributed by atoms with Crippen LogP contribution in [0, 0.1) is 0 Å². The zero-order valence-electron chi connectivity index (χ0n) is 53.1. The number of fused-ring (bicyclic) bond motifs is 3. The summed E-state index contributed by atoms with van der Waals surface area (Å²) in [6.45, 7) is -1.22. The van der Waals surface area contributed by atoms with Crippen LogP contribution in [-0.4, -0.2) is 240 Å². The van der Waals surface area contributed by atoms with Crippen molar-refractivity contribution in [2.24, 2.45) is 33.1 Å². The topological polar surface area (TPSA) is 580 Å². The Morgan fingerprint density at radius 1 is 0.827 bits per heavy atom. The highest BCUT2D eigenvalue weighted by atomic mass is 32.1. The van der Waals surface area contributed by atoms with E-state index in [2.05, 4.69) is 77.9 Å². The Balaban J connectivity index is 0.929. The van der Waals surface area contributed by atoms with Gasteiger partial charge >= 0.3 is 0 Å². The molecule has 2 aliphatic carbocycles. The minimum Gasteiger partial charge on any atom is -0.507 e. The smallest absolute Gasteiger partial charge is 0.260 e. The number of hydrogen-bond acceptors (Lipinski definition) is 28. The second kappa shape index (κ2) is 36.4. The number of ether oxygens (including phenoxy) is 4. The van der Waals surface area contributed by atoms with Gasteiger partial charge in [-0.05, 0) is 49.6 Å². The lowest BCUT2D eigenvalue weighted by atomic mass is 9.72. The first-order valence-corrected chi connectivity index (χ1v) is 31.7. The first kappa shape index (κ1) is 77.8. The van der Waals surface area contributed by atoms with Crippen molar-refractivity contribution < 1.29 is 107 Å². The van der Waals surface area contributed by atoms with E-state index in [9.17, 15) is 83.4 Å². The van der Waals surface area contributed by atoms with Crippen LogP contribution in [0.5, 0.6) is 23.0 Å². The fraction of sp³-hybridized carbons (Fsp3) is 0.483. The largest absolute Gasteiger partial charge is 0.507 e. The van der Waals surface area contributed by atoms with E-state index in [-0.39, 0.29) is 115 Å². The Morgan fingerprint density at radius 3 is 2.19 bits per heavy atom. The molecule has 1 heterocycles. The van der Waals surface area contributed by atoms with Gasteiger partial charge in [0.2, 0.25) is 41.2 Å². The number of aromatic hydroxyl groups is 3. The Labute approximate surface area is 570 Å². The highest BCUT2D eigenvalue weighted by Crippen LogP contribution is 2.52. The lowest BCUT2D eigenvalue weighted by Crippen LogP contribution is -2.56. The summed E-state index contributed by atoms with van der Waals surface area (Å²) < 4.78 is 23.1. The number of phenols is 3. The van der Waals surface area contributed by atoms with Gasteiger partial charge in [-0.25, -0.2) is 0 Å². The quantitative estimate of drug-likeness (QED) is 0.00383. The number of Topliss-reactive ketones (excluding diaryl/α,β-unsaturated/α-hetero) is 1. The van der Waals surface area contributed by atoms with Crippen molar-refractivity contribution in [3.63, 3.8) is 0 Å². The number of aliphatic hydroxyl groups excluding tert-OH is 2. The minimum absolute atomic E-state index is 0.00792. The molecule has 22 N–H and O–H groups in total.